The Morgan fingerprint density at radius 1 is 1.31 bits per heavy atom. The first kappa shape index (κ1) is 10.1. The predicted molar refractivity (Wildman–Crippen MR) is 62.3 cm³/mol. The summed E-state index contributed by atoms with van der Waals surface area (Å²) >= 11 is 0. The zero-order valence-electron chi connectivity index (χ0n) is 9.48. The average Bonchev–Trinajstić information content (AvgIpc) is 3.17. The molecule has 0 saturated heterocycles. The van der Waals surface area contributed by atoms with Crippen LogP contribution in [0.3, 0.4) is 0 Å². The van der Waals surface area contributed by atoms with Gasteiger partial charge in [0, 0.05) is 24.3 Å². The van der Waals surface area contributed by atoms with Gasteiger partial charge in [-0.15, -0.1) is 0 Å². The van der Waals surface area contributed by atoms with Gasteiger partial charge in [0.25, 0.3) is 0 Å². The minimum Gasteiger partial charge on any atom is -0.491 e. The van der Waals surface area contributed by atoms with Crippen molar-refractivity contribution in [1.82, 2.24) is 10.3 Å². The average molecular weight is 218 g/mol. The van der Waals surface area contributed by atoms with Gasteiger partial charge in [0.05, 0.1) is 12.8 Å². The lowest BCUT2D eigenvalue weighted by molar-refractivity contribution is 0.295. The van der Waals surface area contributed by atoms with Crippen LogP contribution < -0.4 is 10.1 Å². The van der Waals surface area contributed by atoms with Crippen LogP contribution in [0.5, 0.6) is 5.75 Å². The van der Waals surface area contributed by atoms with E-state index in [0.29, 0.717) is 0 Å². The lowest BCUT2D eigenvalue weighted by atomic mass is 10.2. The van der Waals surface area contributed by atoms with E-state index >= 15 is 0 Å². The molecule has 0 aliphatic heterocycles. The smallest absolute Gasteiger partial charge is 0.142 e. The van der Waals surface area contributed by atoms with Crippen molar-refractivity contribution >= 4 is 0 Å². The molecule has 2 aliphatic rings. The number of rotatable bonds is 6. The van der Waals surface area contributed by atoms with E-state index in [-0.39, 0.29) is 0 Å². The zero-order valence-corrected chi connectivity index (χ0v) is 9.48. The molecule has 1 heterocycles. The van der Waals surface area contributed by atoms with E-state index in [4.69, 9.17) is 4.74 Å². The highest BCUT2D eigenvalue weighted by Crippen LogP contribution is 2.30. The van der Waals surface area contributed by atoms with E-state index in [2.05, 4.69) is 16.4 Å². The molecule has 3 heteroatoms. The second-order valence-corrected chi connectivity index (χ2v) is 4.89. The van der Waals surface area contributed by atoms with Gasteiger partial charge in [-0.1, -0.05) is 0 Å². The fraction of sp³-hybridized carbons (Fsp3) is 0.615. The van der Waals surface area contributed by atoms with Gasteiger partial charge < -0.3 is 10.1 Å². The molecular formula is C13H18N2O. The van der Waals surface area contributed by atoms with Gasteiger partial charge in [0.15, 0.2) is 0 Å². The third kappa shape index (κ3) is 2.73. The molecule has 0 radical (unpaired) electrons. The maximum atomic E-state index is 5.81. The van der Waals surface area contributed by atoms with Gasteiger partial charge in [0.1, 0.15) is 5.75 Å². The molecule has 2 saturated carbocycles. The quantitative estimate of drug-likeness (QED) is 0.794. The second kappa shape index (κ2) is 4.42. The van der Waals surface area contributed by atoms with Gasteiger partial charge in [-0.2, -0.15) is 0 Å². The van der Waals surface area contributed by atoms with Gasteiger partial charge >= 0.3 is 0 Å². The molecule has 0 amide bonds. The van der Waals surface area contributed by atoms with Gasteiger partial charge in [0.2, 0.25) is 0 Å². The minimum absolute atomic E-state index is 0.740. The highest BCUT2D eigenvalue weighted by molar-refractivity contribution is 5.29. The molecule has 1 aromatic heterocycles. The third-order valence-electron chi connectivity index (χ3n) is 3.20. The molecule has 0 spiro atoms. The first-order valence-corrected chi connectivity index (χ1v) is 6.21. The predicted octanol–water partition coefficient (Wildman–Crippen LogP) is 2.12. The number of hydrogen-bond acceptors (Lipinski definition) is 3. The molecule has 1 N–H and O–H groups in total. The first-order chi connectivity index (χ1) is 7.92. The summed E-state index contributed by atoms with van der Waals surface area (Å²) in [5, 5.41) is 3.51. The van der Waals surface area contributed by atoms with Crippen LogP contribution in [0.1, 0.15) is 31.2 Å². The van der Waals surface area contributed by atoms with Crippen molar-refractivity contribution in [1.29, 1.82) is 0 Å². The Morgan fingerprint density at radius 2 is 2.19 bits per heavy atom. The van der Waals surface area contributed by atoms with E-state index in [9.17, 15) is 0 Å². The van der Waals surface area contributed by atoms with Crippen LogP contribution in [0.25, 0.3) is 0 Å². The molecule has 0 aromatic carbocycles. The Hall–Kier alpha value is -1.09. The Balaban J connectivity index is 1.58. The van der Waals surface area contributed by atoms with Crippen molar-refractivity contribution in [3.63, 3.8) is 0 Å². The van der Waals surface area contributed by atoms with E-state index < -0.39 is 0 Å². The normalized spacial score (nSPS) is 19.8. The Kier molecular flexibility index (Phi) is 2.79. The monoisotopic (exact) mass is 218 g/mol. The summed E-state index contributed by atoms with van der Waals surface area (Å²) in [6, 6.07) is 2.79. The van der Waals surface area contributed by atoms with Crippen LogP contribution in [-0.4, -0.2) is 17.6 Å². The number of ether oxygens (including phenoxy) is 1. The molecule has 86 valence electrons. The lowest BCUT2D eigenvalue weighted by Gasteiger charge is -2.10. The number of hydrogen-bond donors (Lipinski definition) is 1. The topological polar surface area (TPSA) is 34.1 Å². The Bertz CT molecular complexity index is 324. The molecule has 0 atom stereocenters. The largest absolute Gasteiger partial charge is 0.491 e. The SMILES string of the molecule is c1cc(CNC2CC2)c(OCC2CC2)cn1. The standard InChI is InChI=1S/C13H18N2O/c1-2-10(1)9-16-13-8-14-6-5-11(13)7-15-12-3-4-12/h5-6,8,10,12,15H,1-4,7,9H2. The maximum absolute atomic E-state index is 5.81. The minimum atomic E-state index is 0.740. The van der Waals surface area contributed by atoms with Crippen molar-refractivity contribution in [2.24, 2.45) is 5.92 Å². The summed E-state index contributed by atoms with van der Waals surface area (Å²) in [5.74, 6) is 1.76. The molecule has 2 fully saturated rings. The van der Waals surface area contributed by atoms with E-state index in [1.807, 2.05) is 12.4 Å². The summed E-state index contributed by atoms with van der Waals surface area (Å²) in [5.41, 5.74) is 1.24. The Morgan fingerprint density at radius 3 is 2.94 bits per heavy atom. The molecule has 16 heavy (non-hydrogen) atoms. The molecular weight excluding hydrogens is 200 g/mol. The van der Waals surface area contributed by atoms with Crippen molar-refractivity contribution in [2.75, 3.05) is 6.61 Å². The summed E-state index contributed by atoms with van der Waals surface area (Å²) in [4.78, 5) is 4.13. The summed E-state index contributed by atoms with van der Waals surface area (Å²) in [7, 11) is 0. The lowest BCUT2D eigenvalue weighted by Crippen LogP contribution is -2.16. The molecule has 2 aliphatic carbocycles. The van der Waals surface area contributed by atoms with E-state index in [1.165, 1.54) is 31.2 Å². The van der Waals surface area contributed by atoms with E-state index in [0.717, 1.165) is 30.9 Å². The number of pyridine rings is 1. The summed E-state index contributed by atoms with van der Waals surface area (Å²) in [6.45, 7) is 1.77. The third-order valence-corrected chi connectivity index (χ3v) is 3.20. The van der Waals surface area contributed by atoms with Crippen LogP contribution in [0.2, 0.25) is 0 Å². The first-order valence-electron chi connectivity index (χ1n) is 6.21. The molecule has 3 rings (SSSR count). The number of nitrogens with one attached hydrogen (secondary N) is 1. The zero-order chi connectivity index (χ0) is 10.8. The highest BCUT2D eigenvalue weighted by atomic mass is 16.5. The van der Waals surface area contributed by atoms with Crippen LogP contribution >= 0.6 is 0 Å². The highest BCUT2D eigenvalue weighted by Gasteiger charge is 2.23. The molecule has 0 unspecified atom stereocenters. The van der Waals surface area contributed by atoms with Crippen molar-refractivity contribution in [3.05, 3.63) is 24.0 Å². The van der Waals surface area contributed by atoms with Crippen LogP contribution in [-0.2, 0) is 6.54 Å². The second-order valence-electron chi connectivity index (χ2n) is 4.89. The van der Waals surface area contributed by atoms with Crippen molar-refractivity contribution in [2.45, 2.75) is 38.3 Å². The van der Waals surface area contributed by atoms with Crippen molar-refractivity contribution in [3.8, 4) is 5.75 Å². The van der Waals surface area contributed by atoms with Gasteiger partial charge in [-0.3, -0.25) is 4.98 Å². The van der Waals surface area contributed by atoms with E-state index in [1.54, 1.807) is 0 Å². The maximum Gasteiger partial charge on any atom is 0.142 e. The van der Waals surface area contributed by atoms with Crippen LogP contribution in [0.4, 0.5) is 0 Å². The molecule has 1 aromatic rings. The van der Waals surface area contributed by atoms with Gasteiger partial charge in [-0.05, 0) is 37.7 Å². The molecule has 3 nitrogen and oxygen atoms in total. The van der Waals surface area contributed by atoms with Crippen molar-refractivity contribution < 1.29 is 4.74 Å². The Labute approximate surface area is 96.2 Å². The molecule has 0 bridgehead atoms. The summed E-state index contributed by atoms with van der Waals surface area (Å²) < 4.78 is 5.81. The number of nitrogens with zero attached hydrogens (tertiary/aromatic N) is 1. The van der Waals surface area contributed by atoms with Crippen LogP contribution in [0, 0.1) is 5.92 Å². The fourth-order valence-electron chi connectivity index (χ4n) is 1.72. The number of aromatic nitrogens is 1. The fourth-order valence-corrected chi connectivity index (χ4v) is 1.72. The summed E-state index contributed by atoms with van der Waals surface area (Å²) in [6.07, 6.45) is 8.98. The van der Waals surface area contributed by atoms with Crippen LogP contribution in [0.15, 0.2) is 18.5 Å². The van der Waals surface area contributed by atoms with Gasteiger partial charge in [-0.25, -0.2) is 0 Å².